The maximum absolute atomic E-state index is 11.2. The monoisotopic (exact) mass is 244 g/mol. The third-order valence-electron chi connectivity index (χ3n) is 3.01. The van der Waals surface area contributed by atoms with Crippen LogP contribution >= 0.6 is 12.2 Å². The fourth-order valence-electron chi connectivity index (χ4n) is 1.77. The van der Waals surface area contributed by atoms with Gasteiger partial charge >= 0.3 is 0 Å². The highest BCUT2D eigenvalue weighted by molar-refractivity contribution is 7.80. The number of rotatable bonds is 4. The van der Waals surface area contributed by atoms with Gasteiger partial charge in [0.2, 0.25) is 5.91 Å². The molecule has 1 aliphatic rings. The zero-order chi connectivity index (χ0) is 12.1. The first-order valence-corrected chi connectivity index (χ1v) is 5.91. The zero-order valence-corrected chi connectivity index (χ0v) is 10.7. The van der Waals surface area contributed by atoms with E-state index in [1.54, 1.807) is 7.05 Å². The van der Waals surface area contributed by atoms with Crippen LogP contribution in [0, 0.1) is 0 Å². The lowest BCUT2D eigenvalue weighted by Crippen LogP contribution is -2.54. The predicted molar refractivity (Wildman–Crippen MR) is 68.3 cm³/mol. The number of hydrogen-bond donors (Lipinski definition) is 2. The molecule has 1 amide bonds. The standard InChI is InChI=1S/C10H20N4OS/c1-8(10(11)16)14-5-3-13(4-6-14)7-9(15)12-2/h8H,3-7H2,1-2H3,(H2,11,16)(H,12,15). The van der Waals surface area contributed by atoms with Gasteiger partial charge in [0.25, 0.3) is 0 Å². The molecule has 6 heteroatoms. The van der Waals surface area contributed by atoms with Crippen molar-refractivity contribution in [3.63, 3.8) is 0 Å². The smallest absolute Gasteiger partial charge is 0.233 e. The Morgan fingerprint density at radius 2 is 2.00 bits per heavy atom. The number of hydrogen-bond acceptors (Lipinski definition) is 4. The molecule has 1 rings (SSSR count). The van der Waals surface area contributed by atoms with Gasteiger partial charge in [-0.15, -0.1) is 0 Å². The van der Waals surface area contributed by atoms with Gasteiger partial charge in [-0.25, -0.2) is 0 Å². The molecule has 0 spiro atoms. The molecule has 0 aromatic rings. The van der Waals surface area contributed by atoms with Crippen molar-refractivity contribution in [1.82, 2.24) is 15.1 Å². The Kier molecular flexibility index (Phi) is 5.11. The molecule has 1 atom stereocenters. The van der Waals surface area contributed by atoms with E-state index in [2.05, 4.69) is 15.1 Å². The average molecular weight is 244 g/mol. The summed E-state index contributed by atoms with van der Waals surface area (Å²) in [6.07, 6.45) is 0. The summed E-state index contributed by atoms with van der Waals surface area (Å²) in [7, 11) is 1.66. The van der Waals surface area contributed by atoms with Gasteiger partial charge in [0, 0.05) is 33.2 Å². The Morgan fingerprint density at radius 3 is 2.44 bits per heavy atom. The van der Waals surface area contributed by atoms with Gasteiger partial charge in [0.1, 0.15) is 0 Å². The molecule has 0 radical (unpaired) electrons. The van der Waals surface area contributed by atoms with Crippen molar-refractivity contribution in [3.8, 4) is 0 Å². The summed E-state index contributed by atoms with van der Waals surface area (Å²) in [5, 5.41) is 2.63. The van der Waals surface area contributed by atoms with Crippen LogP contribution in [-0.4, -0.2) is 66.5 Å². The highest BCUT2D eigenvalue weighted by atomic mass is 32.1. The van der Waals surface area contributed by atoms with Gasteiger partial charge in [-0.3, -0.25) is 14.6 Å². The number of thiocarbonyl (C=S) groups is 1. The SMILES string of the molecule is CNC(=O)CN1CCN(C(C)C(N)=S)CC1. The van der Waals surface area contributed by atoms with Gasteiger partial charge in [-0.1, -0.05) is 12.2 Å². The lowest BCUT2D eigenvalue weighted by Gasteiger charge is -2.37. The molecule has 1 unspecified atom stereocenters. The van der Waals surface area contributed by atoms with E-state index in [-0.39, 0.29) is 11.9 Å². The van der Waals surface area contributed by atoms with Gasteiger partial charge in [-0.05, 0) is 6.92 Å². The minimum atomic E-state index is 0.0656. The normalized spacial score (nSPS) is 20.4. The molecule has 0 bridgehead atoms. The van der Waals surface area contributed by atoms with Crippen LogP contribution in [-0.2, 0) is 4.79 Å². The molecule has 0 aliphatic carbocycles. The van der Waals surface area contributed by atoms with Crippen LogP contribution in [0.1, 0.15) is 6.92 Å². The summed E-state index contributed by atoms with van der Waals surface area (Å²) in [6, 6.07) is 0.150. The Morgan fingerprint density at radius 1 is 1.44 bits per heavy atom. The summed E-state index contributed by atoms with van der Waals surface area (Å²) < 4.78 is 0. The van der Waals surface area contributed by atoms with E-state index in [4.69, 9.17) is 18.0 Å². The van der Waals surface area contributed by atoms with Crippen LogP contribution in [0.4, 0.5) is 0 Å². The number of carbonyl (C=O) groups is 1. The van der Waals surface area contributed by atoms with Gasteiger partial charge < -0.3 is 11.1 Å². The van der Waals surface area contributed by atoms with Gasteiger partial charge in [0.15, 0.2) is 0 Å². The topological polar surface area (TPSA) is 61.6 Å². The summed E-state index contributed by atoms with van der Waals surface area (Å²) in [5.41, 5.74) is 5.62. The molecule has 1 fully saturated rings. The number of nitrogens with two attached hydrogens (primary N) is 1. The lowest BCUT2D eigenvalue weighted by molar-refractivity contribution is -0.122. The first-order chi connectivity index (χ1) is 7.54. The maximum atomic E-state index is 11.2. The first kappa shape index (κ1) is 13.3. The molecule has 0 aromatic carbocycles. The van der Waals surface area contributed by atoms with Crippen molar-refractivity contribution >= 4 is 23.1 Å². The molecule has 16 heavy (non-hydrogen) atoms. The molecule has 0 aromatic heterocycles. The molecule has 92 valence electrons. The Labute approximate surface area is 102 Å². The number of likely N-dealkylation sites (N-methyl/N-ethyl adjacent to an activating group) is 1. The molecule has 3 N–H and O–H groups in total. The van der Waals surface area contributed by atoms with Crippen molar-refractivity contribution in [3.05, 3.63) is 0 Å². The van der Waals surface area contributed by atoms with E-state index in [0.717, 1.165) is 26.2 Å². The molecule has 1 aliphatic heterocycles. The van der Waals surface area contributed by atoms with Crippen LogP contribution in [0.5, 0.6) is 0 Å². The number of piperazine rings is 1. The molecular weight excluding hydrogens is 224 g/mol. The summed E-state index contributed by atoms with van der Waals surface area (Å²) in [5.74, 6) is 0.0656. The van der Waals surface area contributed by atoms with Crippen molar-refractivity contribution in [1.29, 1.82) is 0 Å². The van der Waals surface area contributed by atoms with Gasteiger partial charge in [0.05, 0.1) is 17.6 Å². The third-order valence-corrected chi connectivity index (χ3v) is 3.35. The molecule has 0 saturated carbocycles. The first-order valence-electron chi connectivity index (χ1n) is 5.51. The Balaban J connectivity index is 2.34. The van der Waals surface area contributed by atoms with Crippen LogP contribution < -0.4 is 11.1 Å². The minimum absolute atomic E-state index is 0.0656. The summed E-state index contributed by atoms with van der Waals surface area (Å²) in [6.45, 7) is 6.11. The fraction of sp³-hybridized carbons (Fsp3) is 0.800. The van der Waals surface area contributed by atoms with Crippen molar-refractivity contribution in [2.45, 2.75) is 13.0 Å². The van der Waals surface area contributed by atoms with Crippen molar-refractivity contribution < 1.29 is 4.79 Å². The quantitative estimate of drug-likeness (QED) is 0.623. The average Bonchev–Trinajstić information content (AvgIpc) is 2.28. The van der Waals surface area contributed by atoms with E-state index < -0.39 is 0 Å². The van der Waals surface area contributed by atoms with Crippen molar-refractivity contribution in [2.75, 3.05) is 39.8 Å². The van der Waals surface area contributed by atoms with Crippen molar-refractivity contribution in [2.24, 2.45) is 5.73 Å². The second kappa shape index (κ2) is 6.12. The maximum Gasteiger partial charge on any atom is 0.233 e. The molecule has 1 saturated heterocycles. The molecule has 1 heterocycles. The largest absolute Gasteiger partial charge is 0.392 e. The highest BCUT2D eigenvalue weighted by Gasteiger charge is 2.23. The van der Waals surface area contributed by atoms with Crippen LogP contribution in [0.25, 0.3) is 0 Å². The van der Waals surface area contributed by atoms with E-state index in [1.165, 1.54) is 0 Å². The zero-order valence-electron chi connectivity index (χ0n) is 9.90. The van der Waals surface area contributed by atoms with E-state index in [1.807, 2.05) is 6.92 Å². The molecular formula is C10H20N4OS. The second-order valence-corrected chi connectivity index (χ2v) is 4.54. The number of carbonyl (C=O) groups excluding carboxylic acids is 1. The predicted octanol–water partition coefficient (Wildman–Crippen LogP) is -0.975. The third kappa shape index (κ3) is 3.70. The van der Waals surface area contributed by atoms with E-state index in [9.17, 15) is 4.79 Å². The number of nitrogens with one attached hydrogen (secondary N) is 1. The number of nitrogens with zero attached hydrogens (tertiary/aromatic N) is 2. The fourth-order valence-corrected chi connectivity index (χ4v) is 1.92. The highest BCUT2D eigenvalue weighted by Crippen LogP contribution is 2.06. The van der Waals surface area contributed by atoms with E-state index >= 15 is 0 Å². The van der Waals surface area contributed by atoms with E-state index in [0.29, 0.717) is 11.5 Å². The van der Waals surface area contributed by atoms with Crippen LogP contribution in [0.2, 0.25) is 0 Å². The summed E-state index contributed by atoms with van der Waals surface area (Å²) >= 11 is 4.98. The van der Waals surface area contributed by atoms with Crippen LogP contribution in [0.15, 0.2) is 0 Å². The summed E-state index contributed by atoms with van der Waals surface area (Å²) in [4.78, 5) is 16.1. The van der Waals surface area contributed by atoms with Crippen LogP contribution in [0.3, 0.4) is 0 Å². The van der Waals surface area contributed by atoms with Gasteiger partial charge in [-0.2, -0.15) is 0 Å². The minimum Gasteiger partial charge on any atom is -0.392 e. The lowest BCUT2D eigenvalue weighted by atomic mass is 10.2. The Bertz CT molecular complexity index is 264. The Hall–Kier alpha value is -0.720. The molecule has 5 nitrogen and oxygen atoms in total. The number of amides is 1. The second-order valence-electron chi connectivity index (χ2n) is 4.06.